The average molecular weight is 829 g/mol. The van der Waals surface area contributed by atoms with E-state index in [4.69, 9.17) is 9.97 Å². The second-order valence-corrected chi connectivity index (χ2v) is 17.7. The zero-order valence-electron chi connectivity index (χ0n) is 36.3. The van der Waals surface area contributed by atoms with Crippen LogP contribution in [0.2, 0.25) is 0 Å². The number of aromatic nitrogens is 2. The Balaban J connectivity index is 1.02. The molecule has 0 saturated heterocycles. The summed E-state index contributed by atoms with van der Waals surface area (Å²) >= 11 is 0. The molecule has 0 saturated carbocycles. The van der Waals surface area contributed by atoms with E-state index in [0.717, 1.165) is 61.1 Å². The molecular formula is C63H44N2. The molecule has 0 N–H and O–H groups in total. The Hall–Kier alpha value is -8.20. The summed E-state index contributed by atoms with van der Waals surface area (Å²) < 4.78 is 0. The van der Waals surface area contributed by atoms with Crippen LogP contribution < -0.4 is 0 Å². The van der Waals surface area contributed by atoms with Crippen molar-refractivity contribution in [2.24, 2.45) is 0 Å². The molecule has 2 heteroatoms. The third-order valence-electron chi connectivity index (χ3n) is 13.5. The number of hydrogen-bond donors (Lipinski definition) is 0. The summed E-state index contributed by atoms with van der Waals surface area (Å²) in [6.07, 6.45) is 0. The van der Waals surface area contributed by atoms with Crippen molar-refractivity contribution in [1.82, 2.24) is 9.97 Å². The summed E-state index contributed by atoms with van der Waals surface area (Å²) in [6, 6.07) is 83.2. The van der Waals surface area contributed by atoms with Crippen molar-refractivity contribution in [1.29, 1.82) is 0 Å². The van der Waals surface area contributed by atoms with E-state index in [9.17, 15) is 0 Å². The molecule has 0 radical (unpaired) electrons. The molecule has 0 bridgehead atoms. The van der Waals surface area contributed by atoms with Crippen LogP contribution in [0.4, 0.5) is 0 Å². The Morgan fingerprint density at radius 2 is 0.754 bits per heavy atom. The van der Waals surface area contributed by atoms with Gasteiger partial charge in [0, 0.05) is 22.1 Å². The van der Waals surface area contributed by atoms with Gasteiger partial charge in [0.25, 0.3) is 0 Å². The Morgan fingerprint density at radius 1 is 0.292 bits per heavy atom. The van der Waals surface area contributed by atoms with Crippen molar-refractivity contribution in [3.63, 3.8) is 0 Å². The summed E-state index contributed by atoms with van der Waals surface area (Å²) in [7, 11) is 0. The van der Waals surface area contributed by atoms with Gasteiger partial charge in [0.15, 0.2) is 5.82 Å². The van der Waals surface area contributed by atoms with Crippen molar-refractivity contribution < 1.29 is 0 Å². The zero-order chi connectivity index (χ0) is 43.5. The van der Waals surface area contributed by atoms with E-state index in [1.165, 1.54) is 55.3 Å². The van der Waals surface area contributed by atoms with Gasteiger partial charge >= 0.3 is 0 Å². The number of nitrogens with zero attached hydrogens (tertiary/aromatic N) is 2. The van der Waals surface area contributed by atoms with Crippen LogP contribution in [-0.4, -0.2) is 9.97 Å². The monoisotopic (exact) mass is 828 g/mol. The highest BCUT2D eigenvalue weighted by atomic mass is 14.9. The maximum atomic E-state index is 5.47. The topological polar surface area (TPSA) is 25.8 Å². The third-order valence-corrected chi connectivity index (χ3v) is 13.5. The Morgan fingerprint density at radius 3 is 1.38 bits per heavy atom. The molecule has 306 valence electrons. The predicted octanol–water partition coefficient (Wildman–Crippen LogP) is 16.8. The lowest BCUT2D eigenvalue weighted by atomic mass is 9.81. The van der Waals surface area contributed by atoms with Gasteiger partial charge in [0.1, 0.15) is 0 Å². The molecule has 0 fully saturated rings. The van der Waals surface area contributed by atoms with Crippen LogP contribution in [0.3, 0.4) is 0 Å². The number of fused-ring (bicyclic) bond motifs is 5. The van der Waals surface area contributed by atoms with Crippen LogP contribution in [0.5, 0.6) is 0 Å². The SMILES string of the molecule is CC1(C)c2cc3ccccc3cc2-c2c(-c3cccc(-c4ccc(-c5nc(-c6ccccc6-c6ccccc6)cc(-c6ccccc6-c6ccccc6)n5)c5ccccc45)c3)cccc21. The highest BCUT2D eigenvalue weighted by Gasteiger charge is 2.37. The second kappa shape index (κ2) is 15.6. The second-order valence-electron chi connectivity index (χ2n) is 17.7. The molecule has 0 aliphatic heterocycles. The third kappa shape index (κ3) is 6.57. The predicted molar refractivity (Wildman–Crippen MR) is 273 cm³/mol. The minimum Gasteiger partial charge on any atom is -0.228 e. The fourth-order valence-corrected chi connectivity index (χ4v) is 10.3. The van der Waals surface area contributed by atoms with Crippen LogP contribution in [0.1, 0.15) is 25.0 Å². The molecule has 11 aromatic rings. The van der Waals surface area contributed by atoms with Gasteiger partial charge in [0.2, 0.25) is 0 Å². The van der Waals surface area contributed by atoms with Crippen molar-refractivity contribution in [2.75, 3.05) is 0 Å². The average Bonchev–Trinajstić information content (AvgIpc) is 3.60. The van der Waals surface area contributed by atoms with E-state index in [1.807, 2.05) is 0 Å². The Kier molecular flexibility index (Phi) is 9.21. The Bertz CT molecular complexity index is 3520. The van der Waals surface area contributed by atoms with Crippen molar-refractivity contribution in [2.45, 2.75) is 19.3 Å². The van der Waals surface area contributed by atoms with Gasteiger partial charge in [-0.2, -0.15) is 0 Å². The van der Waals surface area contributed by atoms with Crippen molar-refractivity contribution in [3.05, 3.63) is 242 Å². The minimum atomic E-state index is -0.110. The molecule has 10 aromatic carbocycles. The highest BCUT2D eigenvalue weighted by Crippen LogP contribution is 2.53. The first-order valence-corrected chi connectivity index (χ1v) is 22.5. The van der Waals surface area contributed by atoms with Gasteiger partial charge in [-0.25, -0.2) is 9.97 Å². The molecule has 65 heavy (non-hydrogen) atoms. The molecule has 12 rings (SSSR count). The molecule has 2 nitrogen and oxygen atoms in total. The number of benzene rings is 10. The van der Waals surface area contributed by atoms with Crippen LogP contribution in [0.25, 0.3) is 111 Å². The van der Waals surface area contributed by atoms with Crippen LogP contribution in [0, 0.1) is 0 Å². The maximum absolute atomic E-state index is 5.47. The van der Waals surface area contributed by atoms with Gasteiger partial charge in [-0.3, -0.25) is 0 Å². The first-order chi connectivity index (χ1) is 32.0. The lowest BCUT2D eigenvalue weighted by Crippen LogP contribution is -2.14. The summed E-state index contributed by atoms with van der Waals surface area (Å²) in [6.45, 7) is 4.74. The van der Waals surface area contributed by atoms with E-state index < -0.39 is 0 Å². The van der Waals surface area contributed by atoms with Crippen LogP contribution >= 0.6 is 0 Å². The molecule has 0 amide bonds. The fourth-order valence-electron chi connectivity index (χ4n) is 10.3. The molecule has 1 aromatic heterocycles. The summed E-state index contributed by atoms with van der Waals surface area (Å²) in [5.41, 5.74) is 19.5. The van der Waals surface area contributed by atoms with E-state index in [1.54, 1.807) is 0 Å². The lowest BCUT2D eigenvalue weighted by molar-refractivity contribution is 0.661. The van der Waals surface area contributed by atoms with Gasteiger partial charge < -0.3 is 0 Å². The molecule has 1 aliphatic rings. The summed E-state index contributed by atoms with van der Waals surface area (Å²) in [5.74, 6) is 0.688. The standard InChI is InChI=1S/C63H44N2/c1-63(2)57-34-18-33-50(61(57)56-38-43-23-9-10-24-44(43)39-58(56)63)46-26-17-25-45(37-46)49-35-36-55(52-30-14-13-29-51(49)52)62-64-59(53-31-15-11-27-47(53)41-19-5-3-6-20-41)40-60(65-62)54-32-16-12-28-48(54)42-21-7-4-8-22-42/h3-40H,1-2H3. The Labute approximate surface area is 380 Å². The van der Waals surface area contributed by atoms with Crippen molar-refractivity contribution >= 4 is 21.5 Å². The van der Waals surface area contributed by atoms with Gasteiger partial charge in [-0.15, -0.1) is 0 Å². The van der Waals surface area contributed by atoms with E-state index in [-0.39, 0.29) is 5.41 Å². The lowest BCUT2D eigenvalue weighted by Gasteiger charge is -2.22. The quantitative estimate of drug-likeness (QED) is 0.160. The molecule has 0 spiro atoms. The molecule has 1 heterocycles. The van der Waals surface area contributed by atoms with E-state index in [2.05, 4.69) is 244 Å². The normalized spacial score (nSPS) is 12.6. The summed E-state index contributed by atoms with van der Waals surface area (Å²) in [5, 5.41) is 4.82. The molecule has 0 atom stereocenters. The highest BCUT2D eigenvalue weighted by molar-refractivity contribution is 6.05. The first kappa shape index (κ1) is 38.5. The molecule has 0 unspecified atom stereocenters. The van der Waals surface area contributed by atoms with Crippen LogP contribution in [-0.2, 0) is 5.41 Å². The fraction of sp³-hybridized carbons (Fsp3) is 0.0476. The minimum absolute atomic E-state index is 0.110. The largest absolute Gasteiger partial charge is 0.228 e. The van der Waals surface area contributed by atoms with E-state index in [0.29, 0.717) is 5.82 Å². The molecule has 1 aliphatic carbocycles. The smallest absolute Gasteiger partial charge is 0.161 e. The van der Waals surface area contributed by atoms with Gasteiger partial charge in [-0.05, 0) is 119 Å². The molecular weight excluding hydrogens is 785 g/mol. The summed E-state index contributed by atoms with van der Waals surface area (Å²) in [4.78, 5) is 10.9. The maximum Gasteiger partial charge on any atom is 0.161 e. The number of hydrogen-bond acceptors (Lipinski definition) is 2. The van der Waals surface area contributed by atoms with Gasteiger partial charge in [0.05, 0.1) is 11.4 Å². The first-order valence-electron chi connectivity index (χ1n) is 22.5. The van der Waals surface area contributed by atoms with Crippen LogP contribution in [0.15, 0.2) is 231 Å². The van der Waals surface area contributed by atoms with E-state index >= 15 is 0 Å². The number of rotatable bonds is 7. The van der Waals surface area contributed by atoms with Crippen molar-refractivity contribution in [3.8, 4) is 89.5 Å². The zero-order valence-corrected chi connectivity index (χ0v) is 36.3. The van der Waals surface area contributed by atoms with Gasteiger partial charge in [-0.1, -0.05) is 214 Å².